The van der Waals surface area contributed by atoms with Gasteiger partial charge in [-0.25, -0.2) is 9.97 Å². The van der Waals surface area contributed by atoms with Crippen LogP contribution in [0.1, 0.15) is 21.6 Å². The number of carbonyl (C=O) groups is 1. The Balaban J connectivity index is 1.46. The van der Waals surface area contributed by atoms with Gasteiger partial charge in [-0.2, -0.15) is 0 Å². The fraction of sp³-hybridized carbons (Fsp3) is 0.150. The van der Waals surface area contributed by atoms with Crippen molar-refractivity contribution in [1.29, 1.82) is 0 Å². The van der Waals surface area contributed by atoms with E-state index in [1.165, 1.54) is 12.4 Å². The first-order valence-corrected chi connectivity index (χ1v) is 8.60. The van der Waals surface area contributed by atoms with Gasteiger partial charge >= 0.3 is 0 Å². The van der Waals surface area contributed by atoms with Crippen LogP contribution in [0.4, 0.5) is 0 Å². The van der Waals surface area contributed by atoms with Crippen molar-refractivity contribution < 1.29 is 9.53 Å². The lowest BCUT2D eigenvalue weighted by Gasteiger charge is -2.07. The Labute approximate surface area is 157 Å². The molecule has 1 amide bonds. The molecule has 0 spiro atoms. The number of halogens is 1. The number of carbonyl (C=O) groups excluding carboxylic acids is 1. The van der Waals surface area contributed by atoms with E-state index in [9.17, 15) is 4.79 Å². The van der Waals surface area contributed by atoms with E-state index in [2.05, 4.69) is 15.3 Å². The molecule has 0 bridgehead atoms. The zero-order chi connectivity index (χ0) is 18.2. The van der Waals surface area contributed by atoms with Crippen molar-refractivity contribution in [3.8, 4) is 5.88 Å². The van der Waals surface area contributed by atoms with Crippen LogP contribution in [-0.2, 0) is 13.0 Å². The predicted octanol–water partition coefficient (Wildman–Crippen LogP) is 3.68. The largest absolute Gasteiger partial charge is 0.472 e. The van der Waals surface area contributed by atoms with Gasteiger partial charge in [0.15, 0.2) is 0 Å². The Kier molecular flexibility index (Phi) is 6.17. The summed E-state index contributed by atoms with van der Waals surface area (Å²) in [6.07, 6.45) is 3.59. The maximum Gasteiger partial charge on any atom is 0.271 e. The van der Waals surface area contributed by atoms with Crippen LogP contribution in [0.5, 0.6) is 5.88 Å². The highest BCUT2D eigenvalue weighted by Crippen LogP contribution is 2.10. The number of rotatable bonds is 7. The molecule has 26 heavy (non-hydrogen) atoms. The summed E-state index contributed by atoms with van der Waals surface area (Å²) in [5, 5.41) is 3.52. The van der Waals surface area contributed by atoms with Crippen LogP contribution in [0.2, 0.25) is 5.02 Å². The zero-order valence-electron chi connectivity index (χ0n) is 14.1. The number of hydrogen-bond acceptors (Lipinski definition) is 4. The molecule has 3 aromatic rings. The topological polar surface area (TPSA) is 64.1 Å². The number of hydrogen-bond donors (Lipinski definition) is 1. The van der Waals surface area contributed by atoms with Gasteiger partial charge in [0.05, 0.1) is 12.4 Å². The normalized spacial score (nSPS) is 10.3. The molecule has 0 saturated carbocycles. The number of nitrogens with one attached hydrogen (secondary N) is 1. The minimum atomic E-state index is -0.263. The van der Waals surface area contributed by atoms with Crippen molar-refractivity contribution >= 4 is 17.5 Å². The molecule has 2 aromatic carbocycles. The molecule has 1 heterocycles. The fourth-order valence-corrected chi connectivity index (χ4v) is 2.43. The van der Waals surface area contributed by atoms with Gasteiger partial charge in [0.2, 0.25) is 5.88 Å². The molecule has 1 aromatic heterocycles. The number of amides is 1. The quantitative estimate of drug-likeness (QED) is 0.691. The Morgan fingerprint density at radius 3 is 2.42 bits per heavy atom. The second kappa shape index (κ2) is 8.97. The minimum Gasteiger partial charge on any atom is -0.472 e. The summed E-state index contributed by atoms with van der Waals surface area (Å²) in [5.41, 5.74) is 2.40. The van der Waals surface area contributed by atoms with Crippen LogP contribution >= 0.6 is 11.6 Å². The van der Waals surface area contributed by atoms with Crippen LogP contribution < -0.4 is 10.1 Å². The van der Waals surface area contributed by atoms with E-state index in [-0.39, 0.29) is 11.6 Å². The maximum absolute atomic E-state index is 12.1. The average molecular weight is 368 g/mol. The summed E-state index contributed by atoms with van der Waals surface area (Å²) in [4.78, 5) is 20.3. The Hall–Kier alpha value is -2.92. The van der Waals surface area contributed by atoms with Crippen molar-refractivity contribution in [1.82, 2.24) is 15.3 Å². The molecular weight excluding hydrogens is 350 g/mol. The van der Waals surface area contributed by atoms with Gasteiger partial charge in [0.1, 0.15) is 12.3 Å². The lowest BCUT2D eigenvalue weighted by atomic mass is 10.1. The number of ether oxygens (including phenoxy) is 1. The van der Waals surface area contributed by atoms with E-state index >= 15 is 0 Å². The second-order valence-electron chi connectivity index (χ2n) is 5.65. The first-order valence-electron chi connectivity index (χ1n) is 8.22. The van der Waals surface area contributed by atoms with E-state index < -0.39 is 0 Å². The Bertz CT molecular complexity index is 837. The smallest absolute Gasteiger partial charge is 0.271 e. The van der Waals surface area contributed by atoms with E-state index in [1.54, 1.807) is 0 Å². The van der Waals surface area contributed by atoms with Gasteiger partial charge in [0, 0.05) is 11.6 Å². The molecule has 0 aliphatic rings. The highest BCUT2D eigenvalue weighted by atomic mass is 35.5. The Morgan fingerprint density at radius 1 is 0.962 bits per heavy atom. The maximum atomic E-state index is 12.1. The summed E-state index contributed by atoms with van der Waals surface area (Å²) < 4.78 is 5.56. The molecule has 1 N–H and O–H groups in total. The fourth-order valence-electron chi connectivity index (χ4n) is 2.30. The second-order valence-corrected chi connectivity index (χ2v) is 6.08. The standard InChI is InChI=1S/C20H18ClN3O2/c21-17-8-6-15(7-9-17)10-11-22-20(25)18-12-24-19(13-23-18)26-14-16-4-2-1-3-5-16/h1-9,12-13H,10-11,14H2,(H,22,25). The van der Waals surface area contributed by atoms with Gasteiger partial charge in [-0.05, 0) is 29.7 Å². The minimum absolute atomic E-state index is 0.258. The number of aromatic nitrogens is 2. The third-order valence-electron chi connectivity index (χ3n) is 3.70. The molecule has 0 saturated heterocycles. The van der Waals surface area contributed by atoms with Crippen molar-refractivity contribution in [2.24, 2.45) is 0 Å². The predicted molar refractivity (Wildman–Crippen MR) is 100 cm³/mol. The van der Waals surface area contributed by atoms with E-state index in [1.807, 2.05) is 54.6 Å². The lowest BCUT2D eigenvalue weighted by molar-refractivity contribution is 0.0948. The molecule has 5 nitrogen and oxygen atoms in total. The molecule has 0 fully saturated rings. The SMILES string of the molecule is O=C(NCCc1ccc(Cl)cc1)c1cnc(OCc2ccccc2)cn1. The molecule has 3 rings (SSSR count). The van der Waals surface area contributed by atoms with Crippen LogP contribution in [0.3, 0.4) is 0 Å². The molecular formula is C20H18ClN3O2. The monoisotopic (exact) mass is 367 g/mol. The van der Waals surface area contributed by atoms with Crippen molar-refractivity contribution in [2.45, 2.75) is 13.0 Å². The van der Waals surface area contributed by atoms with Gasteiger partial charge in [-0.15, -0.1) is 0 Å². The number of benzene rings is 2. The molecule has 0 unspecified atom stereocenters. The molecule has 0 radical (unpaired) electrons. The van der Waals surface area contributed by atoms with Crippen LogP contribution in [0.25, 0.3) is 0 Å². The average Bonchev–Trinajstić information content (AvgIpc) is 2.69. The van der Waals surface area contributed by atoms with Gasteiger partial charge < -0.3 is 10.1 Å². The zero-order valence-corrected chi connectivity index (χ0v) is 14.8. The van der Waals surface area contributed by atoms with Crippen molar-refractivity contribution in [2.75, 3.05) is 6.54 Å². The third-order valence-corrected chi connectivity index (χ3v) is 3.95. The van der Waals surface area contributed by atoms with Crippen molar-refractivity contribution in [3.63, 3.8) is 0 Å². The third kappa shape index (κ3) is 5.29. The molecule has 132 valence electrons. The van der Waals surface area contributed by atoms with E-state index in [0.717, 1.165) is 11.1 Å². The summed E-state index contributed by atoms with van der Waals surface area (Å²) in [6.45, 7) is 0.913. The van der Waals surface area contributed by atoms with Crippen LogP contribution in [0.15, 0.2) is 67.0 Å². The summed E-state index contributed by atoms with van der Waals surface area (Å²) >= 11 is 5.85. The first-order chi connectivity index (χ1) is 12.7. The van der Waals surface area contributed by atoms with E-state index in [4.69, 9.17) is 16.3 Å². The summed E-state index contributed by atoms with van der Waals surface area (Å²) in [7, 11) is 0. The summed E-state index contributed by atoms with van der Waals surface area (Å²) in [6, 6.07) is 17.3. The molecule has 6 heteroatoms. The van der Waals surface area contributed by atoms with Crippen LogP contribution in [-0.4, -0.2) is 22.4 Å². The first kappa shape index (κ1) is 17.9. The molecule has 0 aliphatic carbocycles. The molecule has 0 aliphatic heterocycles. The van der Waals surface area contributed by atoms with Crippen molar-refractivity contribution in [3.05, 3.63) is 88.8 Å². The Morgan fingerprint density at radius 2 is 1.73 bits per heavy atom. The van der Waals surface area contributed by atoms with Gasteiger partial charge in [0.25, 0.3) is 5.91 Å². The number of nitrogens with zero attached hydrogens (tertiary/aromatic N) is 2. The highest BCUT2D eigenvalue weighted by molar-refractivity contribution is 6.30. The summed E-state index contributed by atoms with van der Waals surface area (Å²) in [5.74, 6) is 0.118. The molecule has 0 atom stereocenters. The lowest BCUT2D eigenvalue weighted by Crippen LogP contribution is -2.26. The van der Waals surface area contributed by atoms with Gasteiger partial charge in [-0.3, -0.25) is 4.79 Å². The van der Waals surface area contributed by atoms with E-state index in [0.29, 0.717) is 30.5 Å². The highest BCUT2D eigenvalue weighted by Gasteiger charge is 2.08. The van der Waals surface area contributed by atoms with Gasteiger partial charge in [-0.1, -0.05) is 54.1 Å². The van der Waals surface area contributed by atoms with Crippen LogP contribution in [0, 0.1) is 0 Å².